The molecule has 9 nitrogen and oxygen atoms in total. The lowest BCUT2D eigenvalue weighted by Gasteiger charge is -2.00. The molecule has 2 N–H and O–H groups in total. The fourth-order valence-electron chi connectivity index (χ4n) is 1.71. The summed E-state index contributed by atoms with van der Waals surface area (Å²) in [5.41, 5.74) is -4.91. The van der Waals surface area contributed by atoms with Crippen LogP contribution in [0.2, 0.25) is 10.0 Å². The van der Waals surface area contributed by atoms with Gasteiger partial charge in [-0.3, -0.25) is 19.7 Å². The number of rotatable bonds is 2. The van der Waals surface area contributed by atoms with E-state index in [1.165, 1.54) is 0 Å². The SMILES string of the molecule is O=Nc1c(O)c(=O)c2c([N+](=O)[O-])c(Cl)c(Cl)cc2[nH]c1=O. The van der Waals surface area contributed by atoms with E-state index >= 15 is 0 Å². The van der Waals surface area contributed by atoms with Gasteiger partial charge in [-0.1, -0.05) is 23.2 Å². The van der Waals surface area contributed by atoms with E-state index in [0.29, 0.717) is 0 Å². The van der Waals surface area contributed by atoms with Crippen LogP contribution in [0.1, 0.15) is 0 Å². The fourth-order valence-corrected chi connectivity index (χ4v) is 2.13. The summed E-state index contributed by atoms with van der Waals surface area (Å²) < 4.78 is 0. The smallest absolute Gasteiger partial charge is 0.302 e. The molecule has 21 heavy (non-hydrogen) atoms. The molecule has 108 valence electrons. The van der Waals surface area contributed by atoms with E-state index in [1.54, 1.807) is 0 Å². The number of aromatic amines is 1. The van der Waals surface area contributed by atoms with Gasteiger partial charge >= 0.3 is 5.69 Å². The standard InChI is InChI=1S/C10H3Cl2N3O6/c11-2-1-3-4(7(5(2)12)15(20)21)8(16)9(17)6(14-19)10(18)13-3/h1H,(H,13,18)(H,16,17). The number of nitrogens with one attached hydrogen (secondary N) is 1. The maximum atomic E-state index is 12.0. The number of H-pyrrole nitrogens is 1. The highest BCUT2D eigenvalue weighted by Gasteiger charge is 2.26. The Labute approximate surface area is 123 Å². The van der Waals surface area contributed by atoms with Gasteiger partial charge in [-0.2, -0.15) is 0 Å². The first-order valence-corrected chi connectivity index (χ1v) is 5.84. The molecule has 2 aromatic rings. The topological polar surface area (TPSA) is 143 Å². The summed E-state index contributed by atoms with van der Waals surface area (Å²) in [5, 5.41) is 21.3. The van der Waals surface area contributed by atoms with Gasteiger partial charge in [-0.25, -0.2) is 0 Å². The molecule has 11 heteroatoms. The van der Waals surface area contributed by atoms with Crippen LogP contribution in [0.5, 0.6) is 5.75 Å². The van der Waals surface area contributed by atoms with E-state index in [9.17, 15) is 29.7 Å². The molecule has 0 radical (unpaired) electrons. The first-order valence-electron chi connectivity index (χ1n) is 5.08. The number of aromatic hydroxyl groups is 1. The normalized spacial score (nSPS) is 10.6. The van der Waals surface area contributed by atoms with Crippen LogP contribution in [0.3, 0.4) is 0 Å². The van der Waals surface area contributed by atoms with Crippen molar-refractivity contribution in [1.29, 1.82) is 0 Å². The van der Waals surface area contributed by atoms with Gasteiger partial charge in [0.1, 0.15) is 10.4 Å². The summed E-state index contributed by atoms with van der Waals surface area (Å²) in [5.74, 6) is -1.32. The van der Waals surface area contributed by atoms with E-state index in [-0.39, 0.29) is 10.5 Å². The lowest BCUT2D eigenvalue weighted by Crippen LogP contribution is -2.03. The molecule has 1 heterocycles. The highest BCUT2D eigenvalue weighted by Crippen LogP contribution is 2.37. The lowest BCUT2D eigenvalue weighted by atomic mass is 10.2. The average molecular weight is 332 g/mol. The highest BCUT2D eigenvalue weighted by atomic mass is 35.5. The summed E-state index contributed by atoms with van der Waals surface area (Å²) >= 11 is 11.4. The fraction of sp³-hybridized carbons (Fsp3) is 0. The molecule has 0 saturated heterocycles. The van der Waals surface area contributed by atoms with Gasteiger partial charge in [-0.15, -0.1) is 4.91 Å². The Hall–Kier alpha value is -2.52. The maximum absolute atomic E-state index is 12.0. The van der Waals surface area contributed by atoms with Crippen molar-refractivity contribution >= 4 is 45.5 Å². The maximum Gasteiger partial charge on any atom is 0.302 e. The number of aromatic nitrogens is 1. The second-order valence-corrected chi connectivity index (χ2v) is 4.56. The van der Waals surface area contributed by atoms with E-state index in [2.05, 4.69) is 5.18 Å². The van der Waals surface area contributed by atoms with E-state index in [0.717, 1.165) is 6.07 Å². The first-order chi connectivity index (χ1) is 9.79. The van der Waals surface area contributed by atoms with Crippen molar-refractivity contribution < 1.29 is 10.0 Å². The minimum absolute atomic E-state index is 0.294. The van der Waals surface area contributed by atoms with Crippen molar-refractivity contribution in [2.75, 3.05) is 0 Å². The molecular weight excluding hydrogens is 329 g/mol. The molecule has 0 aliphatic rings. The molecule has 0 spiro atoms. The zero-order valence-electron chi connectivity index (χ0n) is 9.72. The number of benzene rings is 1. The number of nitrogens with zero attached hydrogens (tertiary/aromatic N) is 2. The molecule has 2 rings (SSSR count). The van der Waals surface area contributed by atoms with Crippen LogP contribution >= 0.6 is 23.2 Å². The minimum Gasteiger partial charge on any atom is -0.502 e. The molecule has 1 aromatic heterocycles. The zero-order valence-corrected chi connectivity index (χ0v) is 11.2. The third kappa shape index (κ3) is 2.22. The first kappa shape index (κ1) is 14.9. The van der Waals surface area contributed by atoms with Crippen LogP contribution in [-0.4, -0.2) is 15.0 Å². The van der Waals surface area contributed by atoms with Crippen LogP contribution in [0.25, 0.3) is 10.9 Å². The summed E-state index contributed by atoms with van der Waals surface area (Å²) in [4.78, 5) is 46.3. The minimum atomic E-state index is -1.34. The van der Waals surface area contributed by atoms with Gasteiger partial charge in [-0.05, 0) is 11.2 Å². The van der Waals surface area contributed by atoms with Crippen molar-refractivity contribution in [2.45, 2.75) is 0 Å². The number of fused-ring (bicyclic) bond motifs is 1. The molecule has 0 bridgehead atoms. The Bertz CT molecular complexity index is 923. The number of halogens is 2. The van der Waals surface area contributed by atoms with Crippen molar-refractivity contribution in [3.63, 3.8) is 0 Å². The quantitative estimate of drug-likeness (QED) is 0.490. The number of hydrogen-bond acceptors (Lipinski definition) is 7. The van der Waals surface area contributed by atoms with E-state index < -0.39 is 43.4 Å². The predicted octanol–water partition coefficient (Wildman–Crippen LogP) is 2.21. The monoisotopic (exact) mass is 331 g/mol. The average Bonchev–Trinajstić information content (AvgIpc) is 2.48. The molecule has 0 saturated carbocycles. The van der Waals surface area contributed by atoms with Gasteiger partial charge in [0.2, 0.25) is 11.1 Å². The number of nitro groups is 1. The van der Waals surface area contributed by atoms with Crippen LogP contribution in [0, 0.1) is 15.0 Å². The van der Waals surface area contributed by atoms with Crippen LogP contribution in [0.4, 0.5) is 11.4 Å². The lowest BCUT2D eigenvalue weighted by molar-refractivity contribution is -0.382. The third-order valence-electron chi connectivity index (χ3n) is 2.60. The number of nitro benzene ring substituents is 1. The Morgan fingerprint density at radius 3 is 2.48 bits per heavy atom. The Kier molecular flexibility index (Phi) is 3.62. The zero-order chi connectivity index (χ0) is 15.9. The van der Waals surface area contributed by atoms with Gasteiger partial charge in [0.15, 0.2) is 5.75 Å². The molecule has 0 aliphatic carbocycles. The second-order valence-electron chi connectivity index (χ2n) is 3.77. The van der Waals surface area contributed by atoms with Crippen LogP contribution in [0.15, 0.2) is 20.8 Å². The Morgan fingerprint density at radius 2 is 1.95 bits per heavy atom. The second kappa shape index (κ2) is 5.11. The molecule has 1 aromatic carbocycles. The van der Waals surface area contributed by atoms with Crippen LogP contribution in [-0.2, 0) is 0 Å². The number of nitroso groups, excluding NO2 is 1. The van der Waals surface area contributed by atoms with Crippen LogP contribution < -0.4 is 11.0 Å². The van der Waals surface area contributed by atoms with E-state index in [1.807, 2.05) is 4.98 Å². The van der Waals surface area contributed by atoms with Gasteiger partial charge in [0.05, 0.1) is 15.5 Å². The Balaban J connectivity index is 3.31. The van der Waals surface area contributed by atoms with Crippen molar-refractivity contribution in [3.05, 3.63) is 51.7 Å². The summed E-state index contributed by atoms with van der Waals surface area (Å²) in [6.07, 6.45) is 0. The highest BCUT2D eigenvalue weighted by molar-refractivity contribution is 6.44. The van der Waals surface area contributed by atoms with Gasteiger partial charge in [0.25, 0.3) is 5.56 Å². The van der Waals surface area contributed by atoms with Gasteiger partial charge in [0, 0.05) is 0 Å². The Morgan fingerprint density at radius 1 is 1.33 bits per heavy atom. The van der Waals surface area contributed by atoms with Crippen molar-refractivity contribution in [3.8, 4) is 5.75 Å². The molecule has 0 fully saturated rings. The summed E-state index contributed by atoms with van der Waals surface area (Å²) in [7, 11) is 0. The molecular formula is C10H3Cl2N3O6. The van der Waals surface area contributed by atoms with Crippen molar-refractivity contribution in [2.24, 2.45) is 5.18 Å². The summed E-state index contributed by atoms with van der Waals surface area (Å²) in [6.45, 7) is 0. The molecule has 0 aliphatic heterocycles. The molecule has 0 atom stereocenters. The largest absolute Gasteiger partial charge is 0.502 e. The van der Waals surface area contributed by atoms with Gasteiger partial charge < -0.3 is 10.1 Å². The number of hydrogen-bond donors (Lipinski definition) is 2. The van der Waals surface area contributed by atoms with Crippen molar-refractivity contribution in [1.82, 2.24) is 4.98 Å². The predicted molar refractivity (Wildman–Crippen MR) is 74.6 cm³/mol. The third-order valence-corrected chi connectivity index (χ3v) is 3.38. The molecule has 0 amide bonds. The van der Waals surface area contributed by atoms with E-state index in [4.69, 9.17) is 23.2 Å². The molecule has 0 unspecified atom stereocenters. The summed E-state index contributed by atoms with van der Waals surface area (Å²) in [6, 6.07) is 0.989.